The highest BCUT2D eigenvalue weighted by Gasteiger charge is 2.57. The lowest BCUT2D eigenvalue weighted by Crippen LogP contribution is -2.63. The normalized spacial score (nSPS) is 25.3. The Labute approximate surface area is 137 Å². The van der Waals surface area contributed by atoms with Crippen LogP contribution >= 0.6 is 0 Å². The van der Waals surface area contributed by atoms with Crippen LogP contribution in [0.1, 0.15) is 45.4 Å². The van der Waals surface area contributed by atoms with Crippen LogP contribution in [0.15, 0.2) is 29.2 Å². The lowest BCUT2D eigenvalue weighted by molar-refractivity contribution is -0.144. The first-order valence-corrected chi connectivity index (χ1v) is 8.72. The van der Waals surface area contributed by atoms with Gasteiger partial charge in [0.25, 0.3) is 5.56 Å². The number of hydrogen-bond acceptors (Lipinski definition) is 3. The standard InChI is InChI=1S/C18H26N2O3/c1-2-23-15-13-14(18(15)9-4-5-10-18)19-16(21)8-12-20-11-6-3-7-17(20)22/h3,6-7,11,14-15H,2,4-5,8-10,12-13H2,1H3,(H,19,21)/t14-,15-/m0/s1. The van der Waals surface area contributed by atoms with E-state index in [9.17, 15) is 9.59 Å². The van der Waals surface area contributed by atoms with Gasteiger partial charge in [0.1, 0.15) is 0 Å². The molecular weight excluding hydrogens is 292 g/mol. The number of aromatic nitrogens is 1. The molecule has 1 aromatic heterocycles. The van der Waals surface area contributed by atoms with E-state index in [1.807, 2.05) is 13.0 Å². The zero-order valence-corrected chi connectivity index (χ0v) is 13.8. The summed E-state index contributed by atoms with van der Waals surface area (Å²) in [5.74, 6) is 0.0342. The Bertz CT molecular complexity index is 604. The summed E-state index contributed by atoms with van der Waals surface area (Å²) in [6.07, 6.45) is 8.06. The van der Waals surface area contributed by atoms with Crippen LogP contribution in [0.5, 0.6) is 0 Å². The Morgan fingerprint density at radius 3 is 2.87 bits per heavy atom. The molecule has 2 saturated carbocycles. The summed E-state index contributed by atoms with van der Waals surface area (Å²) < 4.78 is 7.45. The van der Waals surface area contributed by atoms with Crippen LogP contribution < -0.4 is 10.9 Å². The van der Waals surface area contributed by atoms with Gasteiger partial charge in [0.2, 0.25) is 5.91 Å². The van der Waals surface area contributed by atoms with Gasteiger partial charge in [-0.15, -0.1) is 0 Å². The summed E-state index contributed by atoms with van der Waals surface area (Å²) in [4.78, 5) is 23.9. The topological polar surface area (TPSA) is 60.3 Å². The molecule has 0 radical (unpaired) electrons. The molecule has 0 aromatic carbocycles. The fourth-order valence-electron chi connectivity index (χ4n) is 4.22. The predicted molar refractivity (Wildman–Crippen MR) is 88.2 cm³/mol. The Morgan fingerprint density at radius 1 is 1.39 bits per heavy atom. The molecule has 1 heterocycles. The third-order valence-corrected chi connectivity index (χ3v) is 5.50. The zero-order valence-electron chi connectivity index (χ0n) is 13.8. The van der Waals surface area contributed by atoms with Gasteiger partial charge < -0.3 is 14.6 Å². The molecule has 1 spiro atoms. The van der Waals surface area contributed by atoms with Crippen LogP contribution in [-0.2, 0) is 16.1 Å². The molecule has 0 saturated heterocycles. The van der Waals surface area contributed by atoms with Crippen LogP contribution in [-0.4, -0.2) is 29.2 Å². The number of hydrogen-bond donors (Lipinski definition) is 1. The molecular formula is C18H26N2O3. The molecule has 23 heavy (non-hydrogen) atoms. The van der Waals surface area contributed by atoms with E-state index in [0.717, 1.165) is 25.9 Å². The maximum atomic E-state index is 12.3. The van der Waals surface area contributed by atoms with Crippen molar-refractivity contribution in [3.8, 4) is 0 Å². The summed E-state index contributed by atoms with van der Waals surface area (Å²) in [6.45, 7) is 3.20. The monoisotopic (exact) mass is 318 g/mol. The van der Waals surface area contributed by atoms with Gasteiger partial charge >= 0.3 is 0 Å². The zero-order chi connectivity index (χ0) is 16.3. The predicted octanol–water partition coefficient (Wildman–Crippen LogP) is 2.09. The van der Waals surface area contributed by atoms with Crippen molar-refractivity contribution in [2.45, 2.75) is 64.1 Å². The Kier molecular flexibility index (Phi) is 4.85. The summed E-state index contributed by atoms with van der Waals surface area (Å²) in [6, 6.07) is 5.28. The quantitative estimate of drug-likeness (QED) is 0.874. The average Bonchev–Trinajstić information content (AvgIpc) is 3.06. The smallest absolute Gasteiger partial charge is 0.250 e. The summed E-state index contributed by atoms with van der Waals surface area (Å²) >= 11 is 0. The van der Waals surface area contributed by atoms with Crippen molar-refractivity contribution in [3.05, 3.63) is 34.7 Å². The molecule has 0 aliphatic heterocycles. The summed E-state index contributed by atoms with van der Waals surface area (Å²) in [7, 11) is 0. The van der Waals surface area contributed by atoms with Gasteiger partial charge in [0.15, 0.2) is 0 Å². The average molecular weight is 318 g/mol. The first-order valence-electron chi connectivity index (χ1n) is 8.72. The number of carbonyl (C=O) groups is 1. The maximum Gasteiger partial charge on any atom is 0.250 e. The van der Waals surface area contributed by atoms with Gasteiger partial charge in [-0.1, -0.05) is 18.9 Å². The minimum Gasteiger partial charge on any atom is -0.378 e. The molecule has 1 amide bonds. The van der Waals surface area contributed by atoms with Gasteiger partial charge in [-0.3, -0.25) is 9.59 Å². The molecule has 3 rings (SSSR count). The molecule has 126 valence electrons. The minimum absolute atomic E-state index is 0.0342. The highest BCUT2D eigenvalue weighted by atomic mass is 16.5. The van der Waals surface area contributed by atoms with Gasteiger partial charge in [0, 0.05) is 43.3 Å². The summed E-state index contributed by atoms with van der Waals surface area (Å²) in [5, 5.41) is 3.19. The van der Waals surface area contributed by atoms with E-state index in [-0.39, 0.29) is 22.9 Å². The second-order valence-electron chi connectivity index (χ2n) is 6.72. The number of nitrogens with zero attached hydrogens (tertiary/aromatic N) is 1. The molecule has 5 heteroatoms. The minimum atomic E-state index is -0.0624. The van der Waals surface area contributed by atoms with Crippen molar-refractivity contribution in [3.63, 3.8) is 0 Å². The number of amides is 1. The highest BCUT2D eigenvalue weighted by molar-refractivity contribution is 5.76. The maximum absolute atomic E-state index is 12.3. The molecule has 1 N–H and O–H groups in total. The van der Waals surface area contributed by atoms with Crippen LogP contribution in [0.2, 0.25) is 0 Å². The number of carbonyl (C=O) groups excluding carboxylic acids is 1. The molecule has 5 nitrogen and oxygen atoms in total. The van der Waals surface area contributed by atoms with E-state index in [1.54, 1.807) is 16.8 Å². The van der Waals surface area contributed by atoms with E-state index in [1.165, 1.54) is 18.9 Å². The van der Waals surface area contributed by atoms with Crippen molar-refractivity contribution in [1.82, 2.24) is 9.88 Å². The van der Waals surface area contributed by atoms with Crippen LogP contribution in [0.25, 0.3) is 0 Å². The van der Waals surface area contributed by atoms with E-state index in [2.05, 4.69) is 5.32 Å². The second kappa shape index (κ2) is 6.87. The van der Waals surface area contributed by atoms with E-state index < -0.39 is 0 Å². The Balaban J connectivity index is 1.54. The Morgan fingerprint density at radius 2 is 2.17 bits per heavy atom. The highest BCUT2D eigenvalue weighted by Crippen LogP contribution is 2.54. The van der Waals surface area contributed by atoms with Gasteiger partial charge in [0.05, 0.1) is 6.10 Å². The number of ether oxygens (including phenoxy) is 1. The largest absolute Gasteiger partial charge is 0.378 e. The van der Waals surface area contributed by atoms with E-state index >= 15 is 0 Å². The van der Waals surface area contributed by atoms with E-state index in [4.69, 9.17) is 4.74 Å². The summed E-state index contributed by atoms with van der Waals surface area (Å²) in [5.41, 5.74) is 0.0996. The molecule has 1 aromatic rings. The molecule has 2 fully saturated rings. The first-order chi connectivity index (χ1) is 11.2. The van der Waals surface area contributed by atoms with Crippen molar-refractivity contribution in [1.29, 1.82) is 0 Å². The third-order valence-electron chi connectivity index (χ3n) is 5.50. The molecule has 0 bridgehead atoms. The van der Waals surface area contributed by atoms with Gasteiger partial charge in [-0.05, 0) is 32.3 Å². The first kappa shape index (κ1) is 16.2. The number of rotatable bonds is 6. The molecule has 0 unspecified atom stereocenters. The number of nitrogens with one attached hydrogen (secondary N) is 1. The lowest BCUT2D eigenvalue weighted by atomic mass is 9.60. The van der Waals surface area contributed by atoms with Crippen molar-refractivity contribution >= 4 is 5.91 Å². The third kappa shape index (κ3) is 3.20. The van der Waals surface area contributed by atoms with Crippen molar-refractivity contribution in [2.24, 2.45) is 5.41 Å². The van der Waals surface area contributed by atoms with E-state index in [0.29, 0.717) is 19.1 Å². The van der Waals surface area contributed by atoms with Crippen molar-refractivity contribution < 1.29 is 9.53 Å². The fraction of sp³-hybridized carbons (Fsp3) is 0.667. The fourth-order valence-corrected chi connectivity index (χ4v) is 4.22. The molecule has 2 aliphatic rings. The van der Waals surface area contributed by atoms with Crippen LogP contribution in [0.4, 0.5) is 0 Å². The molecule has 2 atom stereocenters. The molecule has 2 aliphatic carbocycles. The van der Waals surface area contributed by atoms with Crippen molar-refractivity contribution in [2.75, 3.05) is 6.61 Å². The second-order valence-corrected chi connectivity index (χ2v) is 6.72. The lowest BCUT2D eigenvalue weighted by Gasteiger charge is -2.54. The SMILES string of the molecule is CCO[C@H]1C[C@H](NC(=O)CCn2ccccc2=O)C12CCCC2. The van der Waals surface area contributed by atoms with Gasteiger partial charge in [-0.25, -0.2) is 0 Å². The van der Waals surface area contributed by atoms with Crippen LogP contribution in [0, 0.1) is 5.41 Å². The number of pyridine rings is 1. The van der Waals surface area contributed by atoms with Crippen LogP contribution in [0.3, 0.4) is 0 Å². The number of aryl methyl sites for hydroxylation is 1. The Hall–Kier alpha value is -1.62. The van der Waals surface area contributed by atoms with Gasteiger partial charge in [-0.2, -0.15) is 0 Å².